The number of hydrogen-bond acceptors (Lipinski definition) is 1. The monoisotopic (exact) mass is 357 g/mol. The fraction of sp³-hybridized carbons (Fsp3) is 0.100. The largest absolute Gasteiger partial charge is 0.318 e. The predicted octanol–water partition coefficient (Wildman–Crippen LogP) is 4.26. The molecule has 3 nitrogen and oxygen atoms in total. The third kappa shape index (κ3) is 3.59. The molecule has 1 atom stereocenters. The highest BCUT2D eigenvalue weighted by Crippen LogP contribution is 2.21. The number of nitrogens with zero attached hydrogens (tertiary/aromatic N) is 1. The van der Waals surface area contributed by atoms with Crippen molar-refractivity contribution in [2.45, 2.75) is 13.0 Å². The number of benzene rings is 2. The molecule has 0 bridgehead atoms. The lowest BCUT2D eigenvalue weighted by Gasteiger charge is -2.11. The molecule has 2 aromatic carbocycles. The highest BCUT2D eigenvalue weighted by atomic mass is 19.2. The number of pyridine rings is 1. The van der Waals surface area contributed by atoms with Crippen LogP contribution in [0.1, 0.15) is 13.0 Å². The van der Waals surface area contributed by atoms with Gasteiger partial charge >= 0.3 is 0 Å². The number of halogens is 3. The van der Waals surface area contributed by atoms with E-state index in [1.807, 2.05) is 36.4 Å². The molecule has 0 aliphatic carbocycles. The summed E-state index contributed by atoms with van der Waals surface area (Å²) in [5, 5.41) is 2.29. The number of rotatable bonds is 4. The van der Waals surface area contributed by atoms with E-state index in [9.17, 15) is 18.0 Å². The third-order valence-electron chi connectivity index (χ3n) is 4.05. The van der Waals surface area contributed by atoms with Crippen LogP contribution in [-0.4, -0.2) is 5.91 Å². The minimum Gasteiger partial charge on any atom is -0.318 e. The Morgan fingerprint density at radius 3 is 2.35 bits per heavy atom. The molecule has 1 heterocycles. The molecule has 0 saturated heterocycles. The molecule has 1 N–H and O–H groups in total. The van der Waals surface area contributed by atoms with E-state index in [4.69, 9.17) is 0 Å². The molecule has 6 heteroatoms. The molecule has 0 fully saturated rings. The molecular weight excluding hydrogens is 341 g/mol. The van der Waals surface area contributed by atoms with Crippen LogP contribution in [0.3, 0.4) is 0 Å². The number of hydrogen-bond donors (Lipinski definition) is 1. The predicted molar refractivity (Wildman–Crippen MR) is 91.7 cm³/mol. The van der Waals surface area contributed by atoms with E-state index in [0.717, 1.165) is 23.3 Å². The van der Waals surface area contributed by atoms with Crippen LogP contribution in [0.15, 0.2) is 67.0 Å². The van der Waals surface area contributed by atoms with Crippen LogP contribution in [0, 0.1) is 17.5 Å². The van der Waals surface area contributed by atoms with Crippen LogP contribution in [0.4, 0.5) is 18.9 Å². The van der Waals surface area contributed by atoms with Crippen molar-refractivity contribution in [1.29, 1.82) is 0 Å². The quantitative estimate of drug-likeness (QED) is 0.549. The minimum atomic E-state index is -1.62. The van der Waals surface area contributed by atoms with E-state index in [1.54, 1.807) is 30.0 Å². The topological polar surface area (TPSA) is 33.0 Å². The van der Waals surface area contributed by atoms with Gasteiger partial charge in [-0.3, -0.25) is 4.79 Å². The lowest BCUT2D eigenvalue weighted by atomic mass is 10.1. The van der Waals surface area contributed by atoms with Gasteiger partial charge in [0.25, 0.3) is 5.91 Å². The Kier molecular flexibility index (Phi) is 5.02. The second-order valence-corrected chi connectivity index (χ2v) is 5.79. The number of amides is 1. The molecule has 0 aliphatic heterocycles. The normalized spacial score (nSPS) is 11.8. The molecule has 0 aliphatic rings. The molecule has 26 heavy (non-hydrogen) atoms. The van der Waals surface area contributed by atoms with E-state index in [1.165, 1.54) is 0 Å². The summed E-state index contributed by atoms with van der Waals surface area (Å²) in [5.74, 6) is -4.90. The number of nitrogens with one attached hydrogen (secondary N) is 1. The number of anilines is 1. The van der Waals surface area contributed by atoms with Crippen molar-refractivity contribution < 1.29 is 22.5 Å². The highest BCUT2D eigenvalue weighted by Gasteiger charge is 2.24. The van der Waals surface area contributed by atoms with Crippen LogP contribution in [0.2, 0.25) is 0 Å². The van der Waals surface area contributed by atoms with Gasteiger partial charge in [0.05, 0.1) is 5.69 Å². The van der Waals surface area contributed by atoms with Gasteiger partial charge in [-0.05, 0) is 23.8 Å². The molecular formula is C20H16F3N2O+. The summed E-state index contributed by atoms with van der Waals surface area (Å²) in [7, 11) is 0. The summed E-state index contributed by atoms with van der Waals surface area (Å²) in [6.45, 7) is 1.63. The smallest absolute Gasteiger partial charge is 0.293 e. The first-order valence-electron chi connectivity index (χ1n) is 7.98. The molecule has 0 saturated carbocycles. The van der Waals surface area contributed by atoms with Crippen LogP contribution < -0.4 is 9.88 Å². The van der Waals surface area contributed by atoms with Gasteiger partial charge < -0.3 is 5.32 Å². The Balaban J connectivity index is 1.82. The lowest BCUT2D eigenvalue weighted by molar-refractivity contribution is -0.705. The summed E-state index contributed by atoms with van der Waals surface area (Å²) in [4.78, 5) is 12.4. The van der Waals surface area contributed by atoms with Crippen molar-refractivity contribution in [3.63, 3.8) is 0 Å². The van der Waals surface area contributed by atoms with Crippen molar-refractivity contribution >= 4 is 11.6 Å². The maximum absolute atomic E-state index is 13.7. The van der Waals surface area contributed by atoms with E-state index in [-0.39, 0.29) is 0 Å². The van der Waals surface area contributed by atoms with E-state index in [0.29, 0.717) is 0 Å². The minimum absolute atomic E-state index is 0.402. The summed E-state index contributed by atoms with van der Waals surface area (Å²) in [6, 6.07) is 14.4. The van der Waals surface area contributed by atoms with Gasteiger partial charge in [0, 0.05) is 18.6 Å². The van der Waals surface area contributed by atoms with Gasteiger partial charge in [-0.15, -0.1) is 0 Å². The molecule has 0 spiro atoms. The zero-order chi connectivity index (χ0) is 18.7. The standard InChI is InChI=1S/C20H15F3N2O/c1-13(20(26)24-17-10-9-16(21)18(22)19(17)23)25-11-5-8-15(12-25)14-6-3-2-4-7-14/h2-13H,1H3/p+1/t13-/m0/s1. The van der Waals surface area contributed by atoms with Gasteiger partial charge in [-0.25, -0.2) is 13.2 Å². The Morgan fingerprint density at radius 2 is 1.62 bits per heavy atom. The van der Waals surface area contributed by atoms with Crippen LogP contribution in [-0.2, 0) is 4.79 Å². The number of aromatic nitrogens is 1. The summed E-state index contributed by atoms with van der Waals surface area (Å²) >= 11 is 0. The lowest BCUT2D eigenvalue weighted by Crippen LogP contribution is -2.44. The Morgan fingerprint density at radius 1 is 0.923 bits per heavy atom. The molecule has 0 radical (unpaired) electrons. The highest BCUT2D eigenvalue weighted by molar-refractivity contribution is 5.92. The Labute approximate surface area is 148 Å². The van der Waals surface area contributed by atoms with Crippen molar-refractivity contribution in [3.8, 4) is 11.1 Å². The fourth-order valence-corrected chi connectivity index (χ4v) is 2.53. The first-order chi connectivity index (χ1) is 12.5. The molecule has 1 amide bonds. The fourth-order valence-electron chi connectivity index (χ4n) is 2.53. The van der Waals surface area contributed by atoms with Crippen molar-refractivity contribution in [1.82, 2.24) is 0 Å². The second kappa shape index (κ2) is 7.39. The summed E-state index contributed by atoms with van der Waals surface area (Å²) in [5.41, 5.74) is 1.49. The SMILES string of the molecule is C[C@@H](C(=O)Nc1ccc(F)c(F)c1F)[n+]1cccc(-c2ccccc2)c1. The van der Waals surface area contributed by atoms with Gasteiger partial charge in [-0.1, -0.05) is 30.3 Å². The third-order valence-corrected chi connectivity index (χ3v) is 4.05. The molecule has 3 rings (SSSR count). The van der Waals surface area contributed by atoms with Crippen LogP contribution in [0.25, 0.3) is 11.1 Å². The summed E-state index contributed by atoms with van der Waals surface area (Å²) in [6.07, 6.45) is 3.50. The first-order valence-corrected chi connectivity index (χ1v) is 7.98. The van der Waals surface area contributed by atoms with Gasteiger partial charge in [0.1, 0.15) is 0 Å². The van der Waals surface area contributed by atoms with Crippen LogP contribution in [0.5, 0.6) is 0 Å². The van der Waals surface area contributed by atoms with E-state index in [2.05, 4.69) is 5.32 Å². The van der Waals surface area contributed by atoms with Gasteiger partial charge in [0.15, 0.2) is 29.8 Å². The van der Waals surface area contributed by atoms with Gasteiger partial charge in [-0.2, -0.15) is 4.57 Å². The average Bonchev–Trinajstić information content (AvgIpc) is 2.68. The van der Waals surface area contributed by atoms with Crippen molar-refractivity contribution in [2.75, 3.05) is 5.32 Å². The zero-order valence-electron chi connectivity index (χ0n) is 13.9. The average molecular weight is 357 g/mol. The zero-order valence-corrected chi connectivity index (χ0v) is 13.9. The van der Waals surface area contributed by atoms with E-state index >= 15 is 0 Å². The number of carbonyl (C=O) groups excluding carboxylic acids is 1. The van der Waals surface area contributed by atoms with Gasteiger partial charge in [0.2, 0.25) is 6.04 Å². The van der Waals surface area contributed by atoms with Crippen molar-refractivity contribution in [3.05, 3.63) is 84.4 Å². The molecule has 0 unspecified atom stereocenters. The Bertz CT molecular complexity index is 945. The molecule has 1 aromatic heterocycles. The molecule has 132 valence electrons. The Hall–Kier alpha value is -3.15. The maximum atomic E-state index is 13.7. The number of carbonyl (C=O) groups is 1. The first kappa shape index (κ1) is 17.7. The maximum Gasteiger partial charge on any atom is 0.293 e. The summed E-state index contributed by atoms with van der Waals surface area (Å²) < 4.78 is 41.7. The van der Waals surface area contributed by atoms with E-state index < -0.39 is 35.1 Å². The second-order valence-electron chi connectivity index (χ2n) is 5.79. The van der Waals surface area contributed by atoms with Crippen LogP contribution >= 0.6 is 0 Å². The molecule has 3 aromatic rings. The van der Waals surface area contributed by atoms with Crippen molar-refractivity contribution in [2.24, 2.45) is 0 Å².